The van der Waals surface area contributed by atoms with Gasteiger partial charge in [-0.05, 0) is 18.8 Å². The van der Waals surface area contributed by atoms with E-state index >= 15 is 0 Å². The minimum absolute atomic E-state index is 0.213. The van der Waals surface area contributed by atoms with Crippen LogP contribution >= 0.6 is 0 Å². The van der Waals surface area contributed by atoms with Crippen LogP contribution in [-0.2, 0) is 6.42 Å². The molecule has 7 nitrogen and oxygen atoms in total. The molecule has 0 atom stereocenters. The lowest BCUT2D eigenvalue weighted by molar-refractivity contribution is 0.325. The Morgan fingerprint density at radius 2 is 1.93 bits per heavy atom. The summed E-state index contributed by atoms with van der Waals surface area (Å²) in [6.07, 6.45) is 2.46. The van der Waals surface area contributed by atoms with Gasteiger partial charge in [-0.3, -0.25) is 0 Å². The van der Waals surface area contributed by atoms with Crippen molar-refractivity contribution in [1.29, 1.82) is 5.26 Å². The average Bonchev–Trinajstić information content (AvgIpc) is 3.35. The van der Waals surface area contributed by atoms with Crippen LogP contribution in [0.5, 0.6) is 0 Å². The topological polar surface area (TPSA) is 92.0 Å². The van der Waals surface area contributed by atoms with Gasteiger partial charge in [-0.1, -0.05) is 49.3 Å². The molecule has 3 heterocycles. The molecule has 2 aromatic heterocycles. The highest BCUT2D eigenvalue weighted by Crippen LogP contribution is 2.32. The van der Waals surface area contributed by atoms with Crippen molar-refractivity contribution in [3.8, 4) is 17.5 Å². The zero-order chi connectivity index (χ0) is 19.5. The lowest BCUT2D eigenvalue weighted by atomic mass is 9.97. The molecule has 1 aliphatic rings. The summed E-state index contributed by atoms with van der Waals surface area (Å²) in [5.74, 6) is 3.17. The van der Waals surface area contributed by atoms with Gasteiger partial charge in [0.05, 0.1) is 0 Å². The number of benzene rings is 1. The molecule has 0 N–H and O–H groups in total. The Morgan fingerprint density at radius 3 is 2.61 bits per heavy atom. The monoisotopic (exact) mass is 377 g/mol. The van der Waals surface area contributed by atoms with E-state index in [1.165, 1.54) is 0 Å². The Morgan fingerprint density at radius 1 is 1.18 bits per heavy atom. The van der Waals surface area contributed by atoms with Gasteiger partial charge in [0, 0.05) is 31.0 Å². The summed E-state index contributed by atoms with van der Waals surface area (Å²) >= 11 is 0. The van der Waals surface area contributed by atoms with E-state index in [1.54, 1.807) is 0 Å². The van der Waals surface area contributed by atoms with Crippen LogP contribution in [0, 0.1) is 17.2 Å². The van der Waals surface area contributed by atoms with Crippen molar-refractivity contribution in [3.63, 3.8) is 0 Å². The molecule has 28 heavy (non-hydrogen) atoms. The molecule has 1 saturated heterocycles. The van der Waals surface area contributed by atoms with Gasteiger partial charge in [-0.15, -0.1) is 0 Å². The first-order valence-electron chi connectivity index (χ1n) is 9.68. The van der Waals surface area contributed by atoms with Crippen LogP contribution in [0.25, 0.3) is 11.4 Å². The molecule has 0 amide bonds. The second-order valence-corrected chi connectivity index (χ2v) is 7.55. The maximum absolute atomic E-state index is 9.41. The second kappa shape index (κ2) is 7.85. The van der Waals surface area contributed by atoms with Crippen LogP contribution < -0.4 is 4.90 Å². The molecular formula is C21H23N5O2. The van der Waals surface area contributed by atoms with Crippen molar-refractivity contribution in [2.45, 2.75) is 39.0 Å². The Hall–Kier alpha value is -3.14. The molecule has 0 saturated carbocycles. The molecule has 144 valence electrons. The minimum atomic E-state index is 0.213. The van der Waals surface area contributed by atoms with Gasteiger partial charge in [-0.2, -0.15) is 10.2 Å². The molecule has 7 heteroatoms. The smallest absolute Gasteiger partial charge is 0.234 e. The zero-order valence-corrected chi connectivity index (χ0v) is 16.1. The van der Waals surface area contributed by atoms with Crippen molar-refractivity contribution in [2.24, 2.45) is 5.92 Å². The zero-order valence-electron chi connectivity index (χ0n) is 16.1. The Labute approximate surface area is 164 Å². The summed E-state index contributed by atoms with van der Waals surface area (Å²) in [5.41, 5.74) is 1.33. The Bertz CT molecular complexity index is 962. The van der Waals surface area contributed by atoms with Crippen LogP contribution in [0.15, 0.2) is 39.3 Å². The van der Waals surface area contributed by atoms with Gasteiger partial charge in [0.1, 0.15) is 6.07 Å². The molecule has 4 rings (SSSR count). The van der Waals surface area contributed by atoms with E-state index in [4.69, 9.17) is 8.94 Å². The van der Waals surface area contributed by atoms with Crippen LogP contribution in [0.1, 0.15) is 50.1 Å². The molecular weight excluding hydrogens is 354 g/mol. The number of hydrogen-bond acceptors (Lipinski definition) is 7. The molecule has 3 aromatic rings. The normalized spacial score (nSPS) is 15.1. The van der Waals surface area contributed by atoms with Gasteiger partial charge >= 0.3 is 0 Å². The number of hydrogen-bond donors (Lipinski definition) is 0. The van der Waals surface area contributed by atoms with Crippen LogP contribution in [0.2, 0.25) is 0 Å². The third-order valence-corrected chi connectivity index (χ3v) is 4.95. The summed E-state index contributed by atoms with van der Waals surface area (Å²) < 4.78 is 11.4. The fourth-order valence-corrected chi connectivity index (χ4v) is 3.51. The summed E-state index contributed by atoms with van der Waals surface area (Å²) in [6, 6.07) is 12.0. The second-order valence-electron chi connectivity index (χ2n) is 7.55. The first kappa shape index (κ1) is 18.2. The van der Waals surface area contributed by atoms with E-state index < -0.39 is 0 Å². The SMILES string of the molecule is CC(C)Cc1nc(C#N)c(N2CCC(c3nc(-c4ccccc4)no3)CC2)o1. The summed E-state index contributed by atoms with van der Waals surface area (Å²) in [7, 11) is 0. The van der Waals surface area contributed by atoms with Gasteiger partial charge in [0.2, 0.25) is 23.3 Å². The van der Waals surface area contributed by atoms with E-state index in [1.807, 2.05) is 30.3 Å². The van der Waals surface area contributed by atoms with Crippen molar-refractivity contribution >= 4 is 5.88 Å². The van der Waals surface area contributed by atoms with Crippen LogP contribution in [-0.4, -0.2) is 28.2 Å². The maximum Gasteiger partial charge on any atom is 0.234 e. The Balaban J connectivity index is 1.44. The van der Waals surface area contributed by atoms with E-state index in [0.29, 0.717) is 35.1 Å². The van der Waals surface area contributed by atoms with Crippen LogP contribution in [0.3, 0.4) is 0 Å². The fraction of sp³-hybridized carbons (Fsp3) is 0.429. The summed E-state index contributed by atoms with van der Waals surface area (Å²) in [4.78, 5) is 11.0. The maximum atomic E-state index is 9.41. The van der Waals surface area contributed by atoms with Crippen molar-refractivity contribution in [3.05, 3.63) is 47.8 Å². The number of oxazole rings is 1. The van der Waals surface area contributed by atoms with E-state index in [9.17, 15) is 5.26 Å². The summed E-state index contributed by atoms with van der Waals surface area (Å²) in [5, 5.41) is 13.5. The third-order valence-electron chi connectivity index (χ3n) is 4.95. The first-order chi connectivity index (χ1) is 13.6. The number of rotatable bonds is 5. The van der Waals surface area contributed by atoms with Crippen molar-refractivity contribution in [2.75, 3.05) is 18.0 Å². The number of nitrogens with zero attached hydrogens (tertiary/aromatic N) is 5. The van der Waals surface area contributed by atoms with E-state index in [-0.39, 0.29) is 5.92 Å². The van der Waals surface area contributed by atoms with E-state index in [0.717, 1.165) is 37.9 Å². The molecule has 1 fully saturated rings. The molecule has 1 aliphatic heterocycles. The number of piperidine rings is 1. The molecule has 0 bridgehead atoms. The lowest BCUT2D eigenvalue weighted by Crippen LogP contribution is -2.33. The molecule has 0 unspecified atom stereocenters. The van der Waals surface area contributed by atoms with Gasteiger partial charge in [0.25, 0.3) is 0 Å². The average molecular weight is 377 g/mol. The highest BCUT2D eigenvalue weighted by atomic mass is 16.5. The lowest BCUT2D eigenvalue weighted by Gasteiger charge is -2.29. The quantitative estimate of drug-likeness (QED) is 0.658. The number of anilines is 1. The third kappa shape index (κ3) is 3.77. The standard InChI is InChI=1S/C21H23N5O2/c1-14(2)12-18-23-17(13-22)21(27-18)26-10-8-16(9-11-26)20-24-19(25-28-20)15-6-4-3-5-7-15/h3-7,14,16H,8-12H2,1-2H3. The summed E-state index contributed by atoms with van der Waals surface area (Å²) in [6.45, 7) is 5.74. The predicted octanol–water partition coefficient (Wildman–Crippen LogP) is 4.18. The predicted molar refractivity (Wildman–Crippen MR) is 104 cm³/mol. The first-order valence-corrected chi connectivity index (χ1v) is 9.68. The fourth-order valence-electron chi connectivity index (χ4n) is 3.51. The molecule has 0 radical (unpaired) electrons. The number of aromatic nitrogens is 3. The molecule has 0 aliphatic carbocycles. The number of nitriles is 1. The highest BCUT2D eigenvalue weighted by molar-refractivity contribution is 5.53. The van der Waals surface area contributed by atoms with Gasteiger partial charge in [-0.25, -0.2) is 4.98 Å². The minimum Gasteiger partial charge on any atom is -0.424 e. The van der Waals surface area contributed by atoms with Crippen molar-refractivity contribution < 1.29 is 8.94 Å². The van der Waals surface area contributed by atoms with Gasteiger partial charge in [0.15, 0.2) is 5.89 Å². The van der Waals surface area contributed by atoms with Crippen LogP contribution in [0.4, 0.5) is 5.88 Å². The molecule has 1 aromatic carbocycles. The highest BCUT2D eigenvalue weighted by Gasteiger charge is 2.29. The molecule has 0 spiro atoms. The Kier molecular flexibility index (Phi) is 5.11. The van der Waals surface area contributed by atoms with E-state index in [2.05, 4.69) is 39.9 Å². The largest absolute Gasteiger partial charge is 0.424 e. The van der Waals surface area contributed by atoms with Gasteiger partial charge < -0.3 is 13.8 Å². The van der Waals surface area contributed by atoms with Crippen molar-refractivity contribution in [1.82, 2.24) is 15.1 Å².